The van der Waals surface area contributed by atoms with Crippen molar-refractivity contribution in [1.82, 2.24) is 19.8 Å². The third-order valence-electron chi connectivity index (χ3n) is 5.89. The molecule has 0 saturated carbocycles. The normalized spacial score (nSPS) is 16.5. The summed E-state index contributed by atoms with van der Waals surface area (Å²) in [5, 5.41) is 14.0. The number of aryl methyl sites for hydroxylation is 1. The average Bonchev–Trinajstić information content (AvgIpc) is 3.16. The second kappa shape index (κ2) is 12.7. The first-order chi connectivity index (χ1) is 15.2. The summed E-state index contributed by atoms with van der Waals surface area (Å²) in [5.74, 6) is 2.53. The van der Waals surface area contributed by atoms with Crippen LogP contribution < -0.4 is 14.8 Å². The molecule has 172 valence electrons. The molecular weight excluding hydrogens is 392 g/mol. The van der Waals surface area contributed by atoms with Crippen molar-refractivity contribution < 1.29 is 14.6 Å². The van der Waals surface area contributed by atoms with Gasteiger partial charge < -0.3 is 29.4 Å². The number of likely N-dealkylation sites (tertiary alicyclic amines) is 1. The molecule has 1 aliphatic rings. The highest BCUT2D eigenvalue weighted by atomic mass is 16.5. The summed E-state index contributed by atoms with van der Waals surface area (Å²) < 4.78 is 13.5. The Bertz CT molecular complexity index is 772. The van der Waals surface area contributed by atoms with Gasteiger partial charge in [-0.05, 0) is 38.9 Å². The number of nitrogens with one attached hydrogen (secondary N) is 1. The number of aliphatic hydroxyl groups is 1. The Labute approximate surface area is 186 Å². The summed E-state index contributed by atoms with van der Waals surface area (Å²) in [5.41, 5.74) is 1.06. The van der Waals surface area contributed by atoms with Crippen molar-refractivity contribution in [3.05, 3.63) is 42.0 Å². The molecule has 1 aromatic heterocycles. The molecule has 2 N–H and O–H groups in total. The van der Waals surface area contributed by atoms with Crippen LogP contribution in [-0.4, -0.2) is 65.6 Å². The summed E-state index contributed by atoms with van der Waals surface area (Å²) in [4.78, 5) is 6.63. The molecule has 1 aromatic carbocycles. The lowest BCUT2D eigenvalue weighted by atomic mass is 10.1. The fourth-order valence-corrected chi connectivity index (χ4v) is 4.04. The van der Waals surface area contributed by atoms with Crippen LogP contribution in [-0.2, 0) is 13.1 Å². The van der Waals surface area contributed by atoms with Gasteiger partial charge in [-0.25, -0.2) is 4.98 Å². The molecule has 2 heterocycles. The number of hydrogen-bond donors (Lipinski definition) is 2. The van der Waals surface area contributed by atoms with Crippen molar-refractivity contribution in [1.29, 1.82) is 0 Å². The molecule has 2 aromatic rings. The van der Waals surface area contributed by atoms with Crippen LogP contribution in [0.15, 0.2) is 30.6 Å². The number of imidazole rings is 1. The Morgan fingerprint density at radius 3 is 2.65 bits per heavy atom. The van der Waals surface area contributed by atoms with Crippen molar-refractivity contribution in [3.63, 3.8) is 0 Å². The molecule has 1 fully saturated rings. The number of rotatable bonds is 11. The average molecular weight is 431 g/mol. The number of methoxy groups -OCH3 is 1. The molecular formula is C24H38N4O3. The second-order valence-corrected chi connectivity index (χ2v) is 8.35. The van der Waals surface area contributed by atoms with E-state index in [0.717, 1.165) is 49.1 Å². The van der Waals surface area contributed by atoms with E-state index in [0.29, 0.717) is 13.1 Å². The van der Waals surface area contributed by atoms with E-state index in [1.807, 2.05) is 37.5 Å². The lowest BCUT2D eigenvalue weighted by molar-refractivity contribution is 0.0650. The van der Waals surface area contributed by atoms with Gasteiger partial charge in [-0.3, -0.25) is 0 Å². The van der Waals surface area contributed by atoms with Crippen LogP contribution >= 0.6 is 0 Å². The van der Waals surface area contributed by atoms with Crippen LogP contribution in [0.5, 0.6) is 11.5 Å². The topological polar surface area (TPSA) is 71.8 Å². The minimum absolute atomic E-state index is 0.283. The standard InChI is InChI=1S/C24H38N4O3/c1-20-26-11-15-28(20)14-10-25-17-21-8-9-23(30-2)16-24(21)31-19-22(29)18-27-12-6-4-3-5-7-13-27/h8-9,11,15-16,22,25,29H,3-7,10,12-14,17-19H2,1-2H3. The summed E-state index contributed by atoms with van der Waals surface area (Å²) >= 11 is 0. The Kier molecular flexibility index (Phi) is 9.65. The Balaban J connectivity index is 1.49. The minimum atomic E-state index is -0.504. The molecule has 0 amide bonds. The van der Waals surface area contributed by atoms with Gasteiger partial charge >= 0.3 is 0 Å². The van der Waals surface area contributed by atoms with E-state index >= 15 is 0 Å². The van der Waals surface area contributed by atoms with Gasteiger partial charge in [0.05, 0.1) is 7.11 Å². The first-order valence-corrected chi connectivity index (χ1v) is 11.5. The Morgan fingerprint density at radius 1 is 1.16 bits per heavy atom. The van der Waals surface area contributed by atoms with E-state index in [-0.39, 0.29) is 6.61 Å². The molecule has 1 aliphatic heterocycles. The summed E-state index contributed by atoms with van der Waals surface area (Å²) in [6, 6.07) is 5.87. The van der Waals surface area contributed by atoms with Gasteiger partial charge in [0, 0.05) is 50.2 Å². The minimum Gasteiger partial charge on any atom is -0.497 e. The third-order valence-corrected chi connectivity index (χ3v) is 5.89. The van der Waals surface area contributed by atoms with Gasteiger partial charge in [-0.1, -0.05) is 25.3 Å². The summed E-state index contributed by atoms with van der Waals surface area (Å²) in [6.07, 6.45) is 9.68. The fraction of sp³-hybridized carbons (Fsp3) is 0.625. The van der Waals surface area contributed by atoms with Gasteiger partial charge in [0.25, 0.3) is 0 Å². The van der Waals surface area contributed by atoms with Crippen LogP contribution in [0.25, 0.3) is 0 Å². The van der Waals surface area contributed by atoms with Gasteiger partial charge in [0.2, 0.25) is 0 Å². The quantitative estimate of drug-likeness (QED) is 0.534. The Hall–Kier alpha value is -2.09. The largest absolute Gasteiger partial charge is 0.497 e. The predicted molar refractivity (Wildman–Crippen MR) is 123 cm³/mol. The number of hydrogen-bond acceptors (Lipinski definition) is 6. The van der Waals surface area contributed by atoms with Crippen LogP contribution in [0, 0.1) is 6.92 Å². The molecule has 1 saturated heterocycles. The summed E-state index contributed by atoms with van der Waals surface area (Å²) in [6.45, 7) is 7.49. The molecule has 7 heteroatoms. The molecule has 0 bridgehead atoms. The van der Waals surface area contributed by atoms with E-state index in [2.05, 4.69) is 19.8 Å². The lowest BCUT2D eigenvalue weighted by Crippen LogP contribution is -2.37. The van der Waals surface area contributed by atoms with Crippen LogP contribution in [0.4, 0.5) is 0 Å². The van der Waals surface area contributed by atoms with Crippen molar-refractivity contribution in [3.8, 4) is 11.5 Å². The van der Waals surface area contributed by atoms with Crippen LogP contribution in [0.1, 0.15) is 43.5 Å². The molecule has 1 unspecified atom stereocenters. The lowest BCUT2D eigenvalue weighted by Gasteiger charge is -2.27. The molecule has 31 heavy (non-hydrogen) atoms. The Morgan fingerprint density at radius 2 is 1.94 bits per heavy atom. The number of β-amino-alcohol motifs (C(OH)–C–C–N with tert-alkyl or cyclic N) is 1. The predicted octanol–water partition coefficient (Wildman–Crippen LogP) is 3.00. The van der Waals surface area contributed by atoms with Gasteiger partial charge in [-0.2, -0.15) is 0 Å². The number of nitrogens with zero attached hydrogens (tertiary/aromatic N) is 3. The number of benzene rings is 1. The zero-order valence-corrected chi connectivity index (χ0v) is 19.1. The monoisotopic (exact) mass is 430 g/mol. The van der Waals surface area contributed by atoms with E-state index in [1.54, 1.807) is 7.11 Å². The zero-order chi connectivity index (χ0) is 21.9. The van der Waals surface area contributed by atoms with Crippen molar-refractivity contribution in [2.24, 2.45) is 0 Å². The highest BCUT2D eigenvalue weighted by molar-refractivity contribution is 5.40. The van der Waals surface area contributed by atoms with Crippen molar-refractivity contribution >= 4 is 0 Å². The number of ether oxygens (including phenoxy) is 2. The molecule has 0 radical (unpaired) electrons. The van der Waals surface area contributed by atoms with Crippen LogP contribution in [0.2, 0.25) is 0 Å². The van der Waals surface area contributed by atoms with Crippen LogP contribution in [0.3, 0.4) is 0 Å². The maximum Gasteiger partial charge on any atom is 0.127 e. The smallest absolute Gasteiger partial charge is 0.127 e. The zero-order valence-electron chi connectivity index (χ0n) is 19.1. The summed E-state index contributed by atoms with van der Waals surface area (Å²) in [7, 11) is 1.65. The third kappa shape index (κ3) is 7.83. The highest BCUT2D eigenvalue weighted by Crippen LogP contribution is 2.25. The van der Waals surface area contributed by atoms with E-state index in [4.69, 9.17) is 9.47 Å². The SMILES string of the molecule is COc1ccc(CNCCn2ccnc2C)c(OCC(O)CN2CCCCCCC2)c1. The number of aliphatic hydroxyl groups excluding tert-OH is 1. The number of aromatic nitrogens is 2. The molecule has 1 atom stereocenters. The molecule has 3 rings (SSSR count). The van der Waals surface area contributed by atoms with Gasteiger partial charge in [-0.15, -0.1) is 0 Å². The fourth-order valence-electron chi connectivity index (χ4n) is 4.04. The highest BCUT2D eigenvalue weighted by Gasteiger charge is 2.15. The maximum atomic E-state index is 10.6. The van der Waals surface area contributed by atoms with E-state index < -0.39 is 6.10 Å². The molecule has 0 spiro atoms. The first-order valence-electron chi connectivity index (χ1n) is 11.5. The first kappa shape index (κ1) is 23.6. The van der Waals surface area contributed by atoms with E-state index in [1.165, 1.54) is 32.1 Å². The van der Waals surface area contributed by atoms with E-state index in [9.17, 15) is 5.11 Å². The van der Waals surface area contributed by atoms with Gasteiger partial charge in [0.15, 0.2) is 0 Å². The maximum absolute atomic E-state index is 10.6. The van der Waals surface area contributed by atoms with Crippen molar-refractivity contribution in [2.45, 2.75) is 58.2 Å². The molecule has 7 nitrogen and oxygen atoms in total. The second-order valence-electron chi connectivity index (χ2n) is 8.35. The van der Waals surface area contributed by atoms with Crippen molar-refractivity contribution in [2.75, 3.05) is 39.9 Å². The van der Waals surface area contributed by atoms with Gasteiger partial charge in [0.1, 0.15) is 30.0 Å². The molecule has 0 aliphatic carbocycles.